The van der Waals surface area contributed by atoms with Crippen molar-refractivity contribution in [2.45, 2.75) is 25.9 Å². The van der Waals surface area contributed by atoms with Gasteiger partial charge in [0.05, 0.1) is 36.1 Å². The predicted molar refractivity (Wildman–Crippen MR) is 161 cm³/mol. The molecule has 10 heteroatoms. The number of pyridine rings is 1. The molecule has 41 heavy (non-hydrogen) atoms. The summed E-state index contributed by atoms with van der Waals surface area (Å²) >= 11 is 5.89. The number of benzene rings is 2. The Hall–Kier alpha value is -4.54. The van der Waals surface area contributed by atoms with Crippen LogP contribution in [0.25, 0.3) is 5.69 Å². The van der Waals surface area contributed by atoms with Crippen LogP contribution in [0.1, 0.15) is 45.1 Å². The topological polar surface area (TPSA) is 97.7 Å². The van der Waals surface area contributed by atoms with Crippen molar-refractivity contribution in [1.82, 2.24) is 14.9 Å². The fraction of sp³-hybridized carbons (Fsp3) is 0.226. The molecule has 2 N–H and O–H groups in total. The SMILES string of the molecule is COCC(=O)Nc1ccc(N2C(=S)N[C@H](c3ccccn3)[C@H]2c2cc(C)n(-c3ccccc3C(=O)OC)c2C)cc1. The number of aromatic nitrogens is 2. The van der Waals surface area contributed by atoms with E-state index in [0.29, 0.717) is 16.4 Å². The van der Waals surface area contributed by atoms with Gasteiger partial charge in [0.2, 0.25) is 5.91 Å². The molecule has 0 aliphatic carbocycles. The van der Waals surface area contributed by atoms with Gasteiger partial charge in [-0.3, -0.25) is 9.78 Å². The van der Waals surface area contributed by atoms with Gasteiger partial charge >= 0.3 is 5.97 Å². The van der Waals surface area contributed by atoms with Crippen molar-refractivity contribution in [1.29, 1.82) is 0 Å². The van der Waals surface area contributed by atoms with Crippen molar-refractivity contribution in [2.24, 2.45) is 0 Å². The lowest BCUT2D eigenvalue weighted by Crippen LogP contribution is -2.29. The van der Waals surface area contributed by atoms with Crippen molar-refractivity contribution in [3.05, 3.63) is 107 Å². The largest absolute Gasteiger partial charge is 0.465 e. The third-order valence-electron chi connectivity index (χ3n) is 7.14. The molecule has 1 amide bonds. The molecule has 9 nitrogen and oxygen atoms in total. The lowest BCUT2D eigenvalue weighted by atomic mass is 9.96. The van der Waals surface area contributed by atoms with Crippen molar-refractivity contribution in [3.8, 4) is 5.69 Å². The van der Waals surface area contributed by atoms with Gasteiger partial charge in [-0.1, -0.05) is 18.2 Å². The molecule has 1 fully saturated rings. The van der Waals surface area contributed by atoms with Crippen molar-refractivity contribution < 1.29 is 19.1 Å². The van der Waals surface area contributed by atoms with Crippen LogP contribution in [0.5, 0.6) is 0 Å². The van der Waals surface area contributed by atoms with E-state index in [1.807, 2.05) is 74.5 Å². The maximum absolute atomic E-state index is 12.6. The number of carbonyl (C=O) groups is 2. The average Bonchev–Trinajstić information content (AvgIpc) is 3.48. The second-order valence-corrected chi connectivity index (χ2v) is 10.1. The van der Waals surface area contributed by atoms with Crippen LogP contribution in [0.2, 0.25) is 0 Å². The summed E-state index contributed by atoms with van der Waals surface area (Å²) in [6, 6.07) is 22.4. The summed E-state index contributed by atoms with van der Waals surface area (Å²) in [5, 5.41) is 6.87. The summed E-state index contributed by atoms with van der Waals surface area (Å²) in [6.45, 7) is 4.03. The number of para-hydroxylation sites is 1. The Morgan fingerprint density at radius 3 is 2.44 bits per heavy atom. The van der Waals surface area contributed by atoms with E-state index < -0.39 is 5.97 Å². The van der Waals surface area contributed by atoms with Crippen LogP contribution in [0.15, 0.2) is 79.0 Å². The third kappa shape index (κ3) is 5.44. The first-order chi connectivity index (χ1) is 19.8. The maximum Gasteiger partial charge on any atom is 0.339 e. The van der Waals surface area contributed by atoms with Gasteiger partial charge in [0.1, 0.15) is 6.61 Å². The average molecular weight is 570 g/mol. The second kappa shape index (κ2) is 11.9. The number of nitrogens with zero attached hydrogens (tertiary/aromatic N) is 3. The summed E-state index contributed by atoms with van der Waals surface area (Å²) in [6.07, 6.45) is 1.77. The minimum Gasteiger partial charge on any atom is -0.465 e. The first kappa shape index (κ1) is 28.0. The Morgan fingerprint density at radius 2 is 1.76 bits per heavy atom. The number of nitrogens with one attached hydrogen (secondary N) is 2. The lowest BCUT2D eigenvalue weighted by molar-refractivity contribution is -0.119. The standard InChI is InChI=1S/C31H31N5O4S/c1-19-17-24(20(2)35(19)26-11-6-5-9-23(26)30(38)40-4)29-28(25-10-7-8-16-32-25)34-31(41)36(29)22-14-12-21(13-15-22)33-27(37)18-39-3/h5-17,28-29H,18H2,1-4H3,(H,33,37)(H,34,41)/t28-,29-/m1/s1. The molecule has 3 heterocycles. The van der Waals surface area contributed by atoms with Crippen LogP contribution in [0.4, 0.5) is 11.4 Å². The lowest BCUT2D eigenvalue weighted by Gasteiger charge is -2.28. The highest BCUT2D eigenvalue weighted by atomic mass is 32.1. The molecular formula is C31H31N5O4S. The molecule has 0 spiro atoms. The molecule has 0 unspecified atom stereocenters. The quantitative estimate of drug-likeness (QED) is 0.225. The first-order valence-electron chi connectivity index (χ1n) is 13.1. The van der Waals surface area contributed by atoms with Gasteiger partial charge < -0.3 is 29.6 Å². The van der Waals surface area contributed by atoms with Crippen LogP contribution in [-0.4, -0.2) is 47.4 Å². The Morgan fingerprint density at radius 1 is 1.02 bits per heavy atom. The summed E-state index contributed by atoms with van der Waals surface area (Å²) in [5.41, 5.74) is 6.54. The number of anilines is 2. The third-order valence-corrected chi connectivity index (χ3v) is 7.46. The smallest absolute Gasteiger partial charge is 0.339 e. The highest BCUT2D eigenvalue weighted by molar-refractivity contribution is 7.80. The van der Waals surface area contributed by atoms with Crippen molar-refractivity contribution in [3.63, 3.8) is 0 Å². The van der Waals surface area contributed by atoms with E-state index in [9.17, 15) is 9.59 Å². The number of rotatable bonds is 8. The highest BCUT2D eigenvalue weighted by Gasteiger charge is 2.42. The van der Waals surface area contributed by atoms with Crippen molar-refractivity contribution >= 4 is 40.6 Å². The van der Waals surface area contributed by atoms with Crippen LogP contribution in [-0.2, 0) is 14.3 Å². The predicted octanol–water partition coefficient (Wildman–Crippen LogP) is 5.04. The molecule has 0 bridgehead atoms. The molecule has 1 aliphatic heterocycles. The normalized spacial score (nSPS) is 16.4. The Balaban J connectivity index is 1.61. The van der Waals surface area contributed by atoms with E-state index in [1.165, 1.54) is 14.2 Å². The van der Waals surface area contributed by atoms with Crippen molar-refractivity contribution in [2.75, 3.05) is 31.0 Å². The van der Waals surface area contributed by atoms with Crippen LogP contribution in [0, 0.1) is 13.8 Å². The summed E-state index contributed by atoms with van der Waals surface area (Å²) in [7, 11) is 2.86. The van der Waals surface area contributed by atoms with Gasteiger partial charge in [-0.05, 0) is 86.2 Å². The fourth-order valence-electron chi connectivity index (χ4n) is 5.39. The van der Waals surface area contributed by atoms with Crippen LogP contribution in [0.3, 0.4) is 0 Å². The number of methoxy groups -OCH3 is 2. The summed E-state index contributed by atoms with van der Waals surface area (Å²) in [5.74, 6) is -0.629. The van der Waals surface area contributed by atoms with Gasteiger partial charge in [-0.25, -0.2) is 4.79 Å². The zero-order chi connectivity index (χ0) is 29.1. The minimum atomic E-state index is -0.399. The van der Waals surface area contributed by atoms with Gasteiger partial charge in [-0.15, -0.1) is 0 Å². The van der Waals surface area contributed by atoms with E-state index in [1.54, 1.807) is 12.3 Å². The Kier molecular flexibility index (Phi) is 8.14. The van der Waals surface area contributed by atoms with Crippen LogP contribution < -0.4 is 15.5 Å². The van der Waals surface area contributed by atoms with Gasteiger partial charge in [0, 0.05) is 36.1 Å². The molecule has 210 valence electrons. The molecule has 0 radical (unpaired) electrons. The molecule has 2 aromatic carbocycles. The van der Waals surface area contributed by atoms with E-state index >= 15 is 0 Å². The zero-order valence-corrected chi connectivity index (χ0v) is 24.1. The van der Waals surface area contributed by atoms with Gasteiger partial charge in [0.15, 0.2) is 5.11 Å². The number of ether oxygens (including phenoxy) is 2. The Bertz CT molecular complexity index is 1590. The molecule has 4 aromatic rings. The fourth-order valence-corrected chi connectivity index (χ4v) is 5.74. The van der Waals surface area contributed by atoms with Gasteiger partial charge in [0.25, 0.3) is 0 Å². The highest BCUT2D eigenvalue weighted by Crippen LogP contribution is 2.44. The molecular weight excluding hydrogens is 538 g/mol. The number of carbonyl (C=O) groups excluding carboxylic acids is 2. The first-order valence-corrected chi connectivity index (χ1v) is 13.5. The molecule has 5 rings (SSSR count). The second-order valence-electron chi connectivity index (χ2n) is 9.70. The number of thiocarbonyl (C=S) groups is 1. The monoisotopic (exact) mass is 569 g/mol. The number of esters is 1. The number of hydrogen-bond acceptors (Lipinski definition) is 6. The van der Waals surface area contributed by atoms with Crippen LogP contribution >= 0.6 is 12.2 Å². The minimum absolute atomic E-state index is 0.0234. The molecule has 1 saturated heterocycles. The molecule has 0 saturated carbocycles. The summed E-state index contributed by atoms with van der Waals surface area (Å²) < 4.78 is 12.1. The van der Waals surface area contributed by atoms with E-state index in [0.717, 1.165) is 34.0 Å². The Labute approximate surface area is 244 Å². The maximum atomic E-state index is 12.6. The molecule has 2 aromatic heterocycles. The van der Waals surface area contributed by atoms with E-state index in [-0.39, 0.29) is 24.6 Å². The number of hydrogen-bond donors (Lipinski definition) is 2. The number of amides is 1. The van der Waals surface area contributed by atoms with E-state index in [4.69, 9.17) is 21.7 Å². The van der Waals surface area contributed by atoms with Gasteiger partial charge in [-0.2, -0.15) is 0 Å². The van der Waals surface area contributed by atoms with E-state index in [2.05, 4.69) is 31.2 Å². The summed E-state index contributed by atoms with van der Waals surface area (Å²) in [4.78, 5) is 31.4. The number of aryl methyl sites for hydroxylation is 1. The molecule has 2 atom stereocenters. The zero-order valence-electron chi connectivity index (χ0n) is 23.3. The molecule has 1 aliphatic rings.